The number of carbonyl (C=O) groups excluding carboxylic acids is 1. The highest BCUT2D eigenvalue weighted by atomic mass is 35.5. The third-order valence-corrected chi connectivity index (χ3v) is 3.76. The Morgan fingerprint density at radius 2 is 1.96 bits per heavy atom. The van der Waals surface area contributed by atoms with Gasteiger partial charge in [0.1, 0.15) is 5.82 Å². The van der Waals surface area contributed by atoms with Crippen LogP contribution in [-0.2, 0) is 11.2 Å². The van der Waals surface area contributed by atoms with Crippen molar-refractivity contribution < 1.29 is 9.18 Å². The normalized spacial score (nSPS) is 11.1. The average Bonchev–Trinajstić information content (AvgIpc) is 2.59. The Bertz CT molecular complexity index is 751. The molecule has 0 heterocycles. The maximum atomic E-state index is 13.1. The van der Waals surface area contributed by atoms with Crippen LogP contribution in [0.1, 0.15) is 5.56 Å². The molecule has 2 rings (SSSR count). The topological polar surface area (TPSA) is 65.5 Å². The highest BCUT2D eigenvalue weighted by Crippen LogP contribution is 2.14. The summed E-state index contributed by atoms with van der Waals surface area (Å²) in [5, 5.41) is 9.35. The number of aliphatic imine (C=N–C) groups is 1. The second kappa shape index (κ2) is 9.64. The fourth-order valence-corrected chi connectivity index (χ4v) is 2.40. The second-order valence-corrected chi connectivity index (χ2v) is 5.66. The number of nitrogens with one attached hydrogen (secondary N) is 3. The molecule has 0 saturated heterocycles. The molecule has 0 atom stereocenters. The largest absolute Gasteiger partial charge is 0.356 e. The van der Waals surface area contributed by atoms with Gasteiger partial charge >= 0.3 is 0 Å². The summed E-state index contributed by atoms with van der Waals surface area (Å²) >= 11 is 6.11. The van der Waals surface area contributed by atoms with Gasteiger partial charge < -0.3 is 16.0 Å². The number of hydrogen-bond donors (Lipinski definition) is 3. The van der Waals surface area contributed by atoms with Crippen LogP contribution in [0.3, 0.4) is 0 Å². The number of guanidine groups is 1. The van der Waals surface area contributed by atoms with Gasteiger partial charge in [-0.3, -0.25) is 9.79 Å². The maximum Gasteiger partial charge on any atom is 0.243 e. The number of amides is 1. The predicted octanol–water partition coefficient (Wildman–Crippen LogP) is 2.83. The Morgan fingerprint density at radius 1 is 1.16 bits per heavy atom. The fourth-order valence-electron chi connectivity index (χ4n) is 2.17. The number of carbonyl (C=O) groups is 1. The summed E-state index contributed by atoms with van der Waals surface area (Å²) in [7, 11) is 1.62. The summed E-state index contributed by atoms with van der Waals surface area (Å²) in [6.45, 7) is 0.636. The summed E-state index contributed by atoms with van der Waals surface area (Å²) in [6, 6.07) is 13.4. The van der Waals surface area contributed by atoms with Crippen LogP contribution in [0.25, 0.3) is 0 Å². The molecule has 25 heavy (non-hydrogen) atoms. The van der Waals surface area contributed by atoms with Crippen molar-refractivity contribution in [1.29, 1.82) is 0 Å². The van der Waals surface area contributed by atoms with Crippen molar-refractivity contribution in [2.24, 2.45) is 4.99 Å². The van der Waals surface area contributed by atoms with Gasteiger partial charge in [-0.2, -0.15) is 0 Å². The number of benzene rings is 2. The number of anilines is 1. The molecule has 7 heteroatoms. The van der Waals surface area contributed by atoms with Crippen LogP contribution >= 0.6 is 11.6 Å². The summed E-state index contributed by atoms with van der Waals surface area (Å²) in [6.07, 6.45) is 0.732. The van der Waals surface area contributed by atoms with Gasteiger partial charge in [0.2, 0.25) is 5.91 Å². The van der Waals surface area contributed by atoms with E-state index in [-0.39, 0.29) is 12.5 Å². The molecular weight excluding hydrogens is 343 g/mol. The van der Waals surface area contributed by atoms with Crippen molar-refractivity contribution in [2.45, 2.75) is 6.42 Å². The summed E-state index contributed by atoms with van der Waals surface area (Å²) in [5.41, 5.74) is 1.45. The first-order valence-corrected chi connectivity index (χ1v) is 8.19. The van der Waals surface area contributed by atoms with Gasteiger partial charge in [0.05, 0.1) is 6.54 Å². The zero-order chi connectivity index (χ0) is 18.1. The Kier molecular flexibility index (Phi) is 7.22. The summed E-state index contributed by atoms with van der Waals surface area (Å²) in [5.74, 6) is -0.191. The van der Waals surface area contributed by atoms with Crippen molar-refractivity contribution in [3.63, 3.8) is 0 Å². The van der Waals surface area contributed by atoms with E-state index in [0.29, 0.717) is 18.2 Å². The van der Waals surface area contributed by atoms with Crippen LogP contribution in [0.15, 0.2) is 53.5 Å². The van der Waals surface area contributed by atoms with Crippen molar-refractivity contribution in [3.05, 3.63) is 64.9 Å². The molecule has 0 aliphatic carbocycles. The fraction of sp³-hybridized carbons (Fsp3) is 0.222. The molecule has 2 aromatic rings. The lowest BCUT2D eigenvalue weighted by Gasteiger charge is -2.12. The lowest BCUT2D eigenvalue weighted by Crippen LogP contribution is -2.42. The SMILES string of the molecule is CN=C(NCCc1ccccc1Cl)NCC(=O)Nc1cccc(F)c1. The highest BCUT2D eigenvalue weighted by molar-refractivity contribution is 6.31. The quantitative estimate of drug-likeness (QED) is 0.547. The van der Waals surface area contributed by atoms with Crippen LogP contribution in [0.5, 0.6) is 0 Å². The molecule has 0 radical (unpaired) electrons. The molecule has 0 aliphatic rings. The van der Waals surface area contributed by atoms with Gasteiger partial charge in [0.15, 0.2) is 5.96 Å². The smallest absolute Gasteiger partial charge is 0.243 e. The van der Waals surface area contributed by atoms with Crippen LogP contribution < -0.4 is 16.0 Å². The maximum absolute atomic E-state index is 13.1. The van der Waals surface area contributed by atoms with E-state index in [1.54, 1.807) is 13.1 Å². The molecule has 0 saturated carbocycles. The van der Waals surface area contributed by atoms with E-state index in [1.165, 1.54) is 18.2 Å². The highest BCUT2D eigenvalue weighted by Gasteiger charge is 2.05. The number of hydrogen-bond acceptors (Lipinski definition) is 2. The van der Waals surface area contributed by atoms with Gasteiger partial charge in [-0.1, -0.05) is 35.9 Å². The molecular formula is C18H20ClFN4O. The van der Waals surface area contributed by atoms with Crippen molar-refractivity contribution >= 4 is 29.2 Å². The van der Waals surface area contributed by atoms with E-state index in [4.69, 9.17) is 11.6 Å². The van der Waals surface area contributed by atoms with Gasteiger partial charge in [-0.25, -0.2) is 4.39 Å². The average molecular weight is 363 g/mol. The van der Waals surface area contributed by atoms with E-state index in [0.717, 1.165) is 17.0 Å². The molecule has 5 nitrogen and oxygen atoms in total. The molecule has 0 unspecified atom stereocenters. The first-order valence-electron chi connectivity index (χ1n) is 7.82. The Labute approximate surface area is 151 Å². The zero-order valence-electron chi connectivity index (χ0n) is 13.9. The number of halogens is 2. The molecule has 132 valence electrons. The van der Waals surface area contributed by atoms with Gasteiger partial charge in [-0.15, -0.1) is 0 Å². The molecule has 3 N–H and O–H groups in total. The Morgan fingerprint density at radius 3 is 2.68 bits per heavy atom. The summed E-state index contributed by atoms with van der Waals surface area (Å²) < 4.78 is 13.1. The molecule has 0 aliphatic heterocycles. The first kappa shape index (κ1) is 18.7. The number of rotatable bonds is 6. The molecule has 0 fully saturated rings. The molecule has 1 amide bonds. The predicted molar refractivity (Wildman–Crippen MR) is 99.6 cm³/mol. The third-order valence-electron chi connectivity index (χ3n) is 3.39. The minimum atomic E-state index is -0.400. The van der Waals surface area contributed by atoms with Crippen LogP contribution in [0.4, 0.5) is 10.1 Å². The molecule has 2 aromatic carbocycles. The molecule has 0 bridgehead atoms. The van der Waals surface area contributed by atoms with Gasteiger partial charge in [-0.05, 0) is 36.2 Å². The second-order valence-electron chi connectivity index (χ2n) is 5.25. The minimum absolute atomic E-state index is 0.0162. The lowest BCUT2D eigenvalue weighted by molar-refractivity contribution is -0.115. The molecule has 0 spiro atoms. The monoisotopic (exact) mass is 362 g/mol. The Balaban J connectivity index is 1.74. The Hall–Kier alpha value is -2.60. The van der Waals surface area contributed by atoms with Gasteiger partial charge in [0.25, 0.3) is 0 Å². The van der Waals surface area contributed by atoms with E-state index < -0.39 is 5.82 Å². The minimum Gasteiger partial charge on any atom is -0.356 e. The lowest BCUT2D eigenvalue weighted by atomic mass is 10.1. The first-order chi connectivity index (χ1) is 12.1. The zero-order valence-corrected chi connectivity index (χ0v) is 14.6. The van der Waals surface area contributed by atoms with Crippen molar-refractivity contribution in [2.75, 3.05) is 25.5 Å². The van der Waals surface area contributed by atoms with Crippen LogP contribution in [0.2, 0.25) is 5.02 Å². The van der Waals surface area contributed by atoms with Crippen LogP contribution in [-0.4, -0.2) is 32.0 Å². The van der Waals surface area contributed by atoms with Crippen molar-refractivity contribution in [3.8, 4) is 0 Å². The number of nitrogens with zero attached hydrogens (tertiary/aromatic N) is 1. The summed E-state index contributed by atoms with van der Waals surface area (Å²) in [4.78, 5) is 15.9. The third kappa shape index (κ3) is 6.43. The van der Waals surface area contributed by atoms with Gasteiger partial charge in [0, 0.05) is 24.3 Å². The van der Waals surface area contributed by atoms with E-state index in [9.17, 15) is 9.18 Å². The van der Waals surface area contributed by atoms with Crippen LogP contribution in [0, 0.1) is 5.82 Å². The molecule has 0 aromatic heterocycles. The van der Waals surface area contributed by atoms with E-state index >= 15 is 0 Å². The van der Waals surface area contributed by atoms with E-state index in [1.807, 2.05) is 24.3 Å². The standard InChI is InChI=1S/C18H20ClFN4O/c1-21-18(22-10-9-13-5-2-3-8-16(13)19)23-12-17(25)24-15-7-4-6-14(20)11-15/h2-8,11H,9-10,12H2,1H3,(H,24,25)(H2,21,22,23). The van der Waals surface area contributed by atoms with E-state index in [2.05, 4.69) is 20.9 Å². The van der Waals surface area contributed by atoms with Crippen molar-refractivity contribution in [1.82, 2.24) is 10.6 Å².